The highest BCUT2D eigenvalue weighted by molar-refractivity contribution is 9.10. The topological polar surface area (TPSA) is 24.9 Å². The standard InChI is InChI=1S/C13H12BrFN2/c14-12-5-11(8-17-9-12)7-16-6-10-1-3-13(15)4-2-10/h1-5,8-9,16H,6-7H2. The molecule has 17 heavy (non-hydrogen) atoms. The summed E-state index contributed by atoms with van der Waals surface area (Å²) < 4.78 is 13.7. The molecule has 2 aromatic rings. The van der Waals surface area contributed by atoms with E-state index >= 15 is 0 Å². The zero-order valence-corrected chi connectivity index (χ0v) is 10.7. The number of aromatic nitrogens is 1. The van der Waals surface area contributed by atoms with Gasteiger partial charge in [-0.15, -0.1) is 0 Å². The maximum Gasteiger partial charge on any atom is 0.123 e. The number of hydrogen-bond acceptors (Lipinski definition) is 2. The molecule has 2 rings (SSSR count). The van der Waals surface area contributed by atoms with E-state index in [9.17, 15) is 4.39 Å². The summed E-state index contributed by atoms with van der Waals surface area (Å²) in [5.41, 5.74) is 2.18. The molecule has 0 saturated carbocycles. The Labute approximate surface area is 108 Å². The predicted molar refractivity (Wildman–Crippen MR) is 68.9 cm³/mol. The number of benzene rings is 1. The summed E-state index contributed by atoms with van der Waals surface area (Å²) in [5, 5.41) is 3.28. The lowest BCUT2D eigenvalue weighted by Gasteiger charge is -2.05. The summed E-state index contributed by atoms with van der Waals surface area (Å²) in [6.07, 6.45) is 3.58. The van der Waals surface area contributed by atoms with E-state index in [4.69, 9.17) is 0 Å². The number of nitrogens with one attached hydrogen (secondary N) is 1. The number of hydrogen-bond donors (Lipinski definition) is 1. The minimum absolute atomic E-state index is 0.204. The van der Waals surface area contributed by atoms with E-state index in [1.807, 2.05) is 12.3 Å². The van der Waals surface area contributed by atoms with Gasteiger partial charge in [0, 0.05) is 30.0 Å². The Bertz CT molecular complexity index is 485. The van der Waals surface area contributed by atoms with Gasteiger partial charge in [0.15, 0.2) is 0 Å². The number of nitrogens with zero attached hydrogens (tertiary/aromatic N) is 1. The SMILES string of the molecule is Fc1ccc(CNCc2cncc(Br)c2)cc1. The second-order valence-electron chi connectivity index (χ2n) is 3.74. The Morgan fingerprint density at radius 2 is 1.76 bits per heavy atom. The molecule has 2 nitrogen and oxygen atoms in total. The Kier molecular flexibility index (Phi) is 4.23. The molecule has 1 aromatic carbocycles. The van der Waals surface area contributed by atoms with Crippen molar-refractivity contribution in [2.75, 3.05) is 0 Å². The molecule has 0 atom stereocenters. The van der Waals surface area contributed by atoms with Crippen LogP contribution in [0.1, 0.15) is 11.1 Å². The lowest BCUT2D eigenvalue weighted by molar-refractivity contribution is 0.625. The zero-order chi connectivity index (χ0) is 12.1. The second-order valence-corrected chi connectivity index (χ2v) is 4.66. The van der Waals surface area contributed by atoms with Gasteiger partial charge in [0.2, 0.25) is 0 Å². The molecule has 0 bridgehead atoms. The lowest BCUT2D eigenvalue weighted by Crippen LogP contribution is -2.12. The monoisotopic (exact) mass is 294 g/mol. The summed E-state index contributed by atoms with van der Waals surface area (Å²) in [4.78, 5) is 4.09. The van der Waals surface area contributed by atoms with Crippen LogP contribution in [0.2, 0.25) is 0 Å². The molecule has 88 valence electrons. The first-order valence-corrected chi connectivity index (χ1v) is 6.08. The van der Waals surface area contributed by atoms with Gasteiger partial charge >= 0.3 is 0 Å². The summed E-state index contributed by atoms with van der Waals surface area (Å²) in [6, 6.07) is 8.52. The fourth-order valence-electron chi connectivity index (χ4n) is 1.51. The van der Waals surface area contributed by atoms with E-state index in [1.165, 1.54) is 12.1 Å². The first kappa shape index (κ1) is 12.2. The van der Waals surface area contributed by atoms with Gasteiger partial charge < -0.3 is 5.32 Å². The number of rotatable bonds is 4. The van der Waals surface area contributed by atoms with Crippen molar-refractivity contribution in [3.8, 4) is 0 Å². The fraction of sp³-hybridized carbons (Fsp3) is 0.154. The maximum absolute atomic E-state index is 12.7. The molecular weight excluding hydrogens is 283 g/mol. The largest absolute Gasteiger partial charge is 0.309 e. The van der Waals surface area contributed by atoms with E-state index < -0.39 is 0 Å². The first-order valence-electron chi connectivity index (χ1n) is 5.28. The van der Waals surface area contributed by atoms with Crippen LogP contribution in [0.3, 0.4) is 0 Å². The minimum atomic E-state index is -0.204. The highest BCUT2D eigenvalue weighted by Crippen LogP contribution is 2.09. The molecule has 0 amide bonds. The van der Waals surface area contributed by atoms with Crippen LogP contribution >= 0.6 is 15.9 Å². The van der Waals surface area contributed by atoms with Gasteiger partial charge in [-0.2, -0.15) is 0 Å². The molecular formula is C13H12BrFN2. The summed E-state index contributed by atoms with van der Waals surface area (Å²) >= 11 is 3.37. The summed E-state index contributed by atoms with van der Waals surface area (Å²) in [5.74, 6) is -0.204. The van der Waals surface area contributed by atoms with Crippen LogP contribution in [-0.2, 0) is 13.1 Å². The zero-order valence-electron chi connectivity index (χ0n) is 9.16. The minimum Gasteiger partial charge on any atom is -0.309 e. The number of pyridine rings is 1. The first-order chi connectivity index (χ1) is 8.24. The Balaban J connectivity index is 1.85. The quantitative estimate of drug-likeness (QED) is 0.936. The predicted octanol–water partition coefficient (Wildman–Crippen LogP) is 3.27. The normalized spacial score (nSPS) is 10.5. The lowest BCUT2D eigenvalue weighted by atomic mass is 10.2. The van der Waals surface area contributed by atoms with Gasteiger partial charge in [-0.3, -0.25) is 4.98 Å². The van der Waals surface area contributed by atoms with Crippen molar-refractivity contribution in [3.05, 3.63) is 64.1 Å². The average molecular weight is 295 g/mol. The molecule has 0 spiro atoms. The van der Waals surface area contributed by atoms with Gasteiger partial charge in [-0.05, 0) is 45.3 Å². The van der Waals surface area contributed by atoms with Crippen LogP contribution in [0.25, 0.3) is 0 Å². The van der Waals surface area contributed by atoms with Crippen molar-refractivity contribution in [1.29, 1.82) is 0 Å². The Hall–Kier alpha value is -1.26. The molecule has 0 saturated heterocycles. The van der Waals surface area contributed by atoms with Crippen molar-refractivity contribution in [2.45, 2.75) is 13.1 Å². The maximum atomic E-state index is 12.7. The highest BCUT2D eigenvalue weighted by atomic mass is 79.9. The summed E-state index contributed by atoms with van der Waals surface area (Å²) in [6.45, 7) is 1.45. The van der Waals surface area contributed by atoms with Gasteiger partial charge in [0.05, 0.1) is 0 Å². The number of halogens is 2. The van der Waals surface area contributed by atoms with Crippen LogP contribution in [0.4, 0.5) is 4.39 Å². The average Bonchev–Trinajstić information content (AvgIpc) is 2.32. The summed E-state index contributed by atoms with van der Waals surface area (Å²) in [7, 11) is 0. The molecule has 0 aliphatic heterocycles. The molecule has 1 heterocycles. The smallest absolute Gasteiger partial charge is 0.123 e. The molecule has 0 radical (unpaired) electrons. The third-order valence-electron chi connectivity index (χ3n) is 2.33. The molecule has 4 heteroatoms. The van der Waals surface area contributed by atoms with Crippen molar-refractivity contribution < 1.29 is 4.39 Å². The van der Waals surface area contributed by atoms with Gasteiger partial charge in [0.1, 0.15) is 5.82 Å². The Morgan fingerprint density at radius 3 is 2.47 bits per heavy atom. The molecule has 1 aromatic heterocycles. The molecule has 0 aliphatic carbocycles. The van der Waals surface area contributed by atoms with Crippen LogP contribution in [0.15, 0.2) is 47.2 Å². The Morgan fingerprint density at radius 1 is 1.06 bits per heavy atom. The molecule has 0 aliphatic rings. The highest BCUT2D eigenvalue weighted by Gasteiger charge is 1.96. The van der Waals surface area contributed by atoms with E-state index in [0.717, 1.165) is 22.1 Å². The van der Waals surface area contributed by atoms with E-state index in [-0.39, 0.29) is 5.82 Å². The van der Waals surface area contributed by atoms with Crippen molar-refractivity contribution in [2.24, 2.45) is 0 Å². The van der Waals surface area contributed by atoms with Crippen LogP contribution < -0.4 is 5.32 Å². The third-order valence-corrected chi connectivity index (χ3v) is 2.77. The van der Waals surface area contributed by atoms with E-state index in [0.29, 0.717) is 6.54 Å². The van der Waals surface area contributed by atoms with Gasteiger partial charge in [-0.1, -0.05) is 12.1 Å². The van der Waals surface area contributed by atoms with E-state index in [2.05, 4.69) is 26.2 Å². The second kappa shape index (κ2) is 5.89. The van der Waals surface area contributed by atoms with E-state index in [1.54, 1.807) is 18.3 Å². The van der Waals surface area contributed by atoms with Crippen molar-refractivity contribution in [1.82, 2.24) is 10.3 Å². The van der Waals surface area contributed by atoms with Crippen LogP contribution in [0.5, 0.6) is 0 Å². The molecule has 0 fully saturated rings. The van der Waals surface area contributed by atoms with Crippen LogP contribution in [-0.4, -0.2) is 4.98 Å². The van der Waals surface area contributed by atoms with Crippen molar-refractivity contribution >= 4 is 15.9 Å². The van der Waals surface area contributed by atoms with Gasteiger partial charge in [0.25, 0.3) is 0 Å². The van der Waals surface area contributed by atoms with Crippen molar-refractivity contribution in [3.63, 3.8) is 0 Å². The van der Waals surface area contributed by atoms with Crippen LogP contribution in [0, 0.1) is 5.82 Å². The molecule has 1 N–H and O–H groups in total. The molecule has 0 unspecified atom stereocenters. The van der Waals surface area contributed by atoms with Gasteiger partial charge in [-0.25, -0.2) is 4.39 Å². The third kappa shape index (κ3) is 3.91. The fourth-order valence-corrected chi connectivity index (χ4v) is 1.92.